The predicted molar refractivity (Wildman–Crippen MR) is 162 cm³/mol. The molecule has 13 nitrogen and oxygen atoms in total. The first-order chi connectivity index (χ1) is 20.6. The standard InChI is InChI=1S/C29H34N10O3S/c1-36(2)20-29(40)9-12-38(13-10-29)25-14-27(31-16-22(25)5-4-21-15-32-37(3)18-21)34-26-8-11-30-28(35-26)23-17-33-39(19-23)43(41,42)24-6-7-24/h8,11,14-19,24,40H,6-7,9-10,12-13,20H2,1-3H3,(H,30,31,34,35). The lowest BCUT2D eigenvalue weighted by molar-refractivity contribution is -0.00538. The van der Waals surface area contributed by atoms with Crippen molar-refractivity contribution in [1.82, 2.24) is 38.8 Å². The molecule has 0 radical (unpaired) electrons. The number of aryl methyl sites for hydroxylation is 1. The molecule has 1 aliphatic heterocycles. The minimum Gasteiger partial charge on any atom is -0.388 e. The van der Waals surface area contributed by atoms with Crippen LogP contribution >= 0.6 is 0 Å². The lowest BCUT2D eigenvalue weighted by Crippen LogP contribution is -2.49. The second-order valence-electron chi connectivity index (χ2n) is 11.4. The molecule has 0 spiro atoms. The zero-order valence-electron chi connectivity index (χ0n) is 24.3. The number of pyridine rings is 1. The van der Waals surface area contributed by atoms with Gasteiger partial charge in [-0.05, 0) is 45.8 Å². The fraction of sp³-hybridized carbons (Fsp3) is 0.414. The molecule has 0 atom stereocenters. The summed E-state index contributed by atoms with van der Waals surface area (Å²) in [5.41, 5.74) is 2.23. The molecule has 1 aliphatic carbocycles. The first kappa shape index (κ1) is 28.8. The van der Waals surface area contributed by atoms with E-state index in [1.807, 2.05) is 38.3 Å². The zero-order chi connectivity index (χ0) is 30.2. The van der Waals surface area contributed by atoms with Gasteiger partial charge in [-0.3, -0.25) is 4.68 Å². The SMILES string of the molecule is CN(C)CC1(O)CCN(c2cc(Nc3ccnc(-c4cnn(S(=O)(=O)C5CC5)c4)n3)ncc2C#Cc2cnn(C)c2)CC1. The lowest BCUT2D eigenvalue weighted by atomic mass is 9.90. The topological polar surface area (TPSA) is 147 Å². The molecule has 2 fully saturated rings. The van der Waals surface area contributed by atoms with Crippen LogP contribution in [0.4, 0.5) is 17.3 Å². The van der Waals surface area contributed by atoms with Gasteiger partial charge in [0.15, 0.2) is 5.82 Å². The molecule has 1 saturated carbocycles. The summed E-state index contributed by atoms with van der Waals surface area (Å²) < 4.78 is 27.8. The van der Waals surface area contributed by atoms with Gasteiger partial charge < -0.3 is 20.2 Å². The number of nitrogens with one attached hydrogen (secondary N) is 1. The highest BCUT2D eigenvalue weighted by Crippen LogP contribution is 2.32. The summed E-state index contributed by atoms with van der Waals surface area (Å²) >= 11 is 0. The van der Waals surface area contributed by atoms with Crippen molar-refractivity contribution in [2.45, 2.75) is 36.5 Å². The molecule has 0 unspecified atom stereocenters. The minimum atomic E-state index is -3.48. The number of nitrogens with zero attached hydrogens (tertiary/aromatic N) is 9. The van der Waals surface area contributed by atoms with Crippen LogP contribution in [-0.4, -0.2) is 96.9 Å². The number of hydrogen-bond acceptors (Lipinski definition) is 11. The largest absolute Gasteiger partial charge is 0.388 e. The fourth-order valence-electron chi connectivity index (χ4n) is 5.18. The second-order valence-corrected chi connectivity index (χ2v) is 13.5. The summed E-state index contributed by atoms with van der Waals surface area (Å²) in [6, 6.07) is 3.65. The van der Waals surface area contributed by atoms with Crippen LogP contribution in [-0.2, 0) is 17.1 Å². The number of piperidine rings is 1. The molecule has 43 heavy (non-hydrogen) atoms. The molecule has 2 aliphatic rings. The Balaban J connectivity index is 1.26. The van der Waals surface area contributed by atoms with Gasteiger partial charge in [-0.1, -0.05) is 11.8 Å². The Morgan fingerprint density at radius 3 is 2.56 bits per heavy atom. The number of likely N-dealkylation sites (N-methyl/N-ethyl adjacent to an activating group) is 1. The highest BCUT2D eigenvalue weighted by Gasteiger charge is 2.38. The zero-order valence-corrected chi connectivity index (χ0v) is 25.2. The maximum Gasteiger partial charge on any atom is 0.256 e. The molecule has 0 amide bonds. The average Bonchev–Trinajstić information content (AvgIpc) is 3.57. The van der Waals surface area contributed by atoms with Gasteiger partial charge in [-0.25, -0.2) is 23.4 Å². The van der Waals surface area contributed by atoms with Crippen molar-refractivity contribution in [2.75, 3.05) is 43.9 Å². The van der Waals surface area contributed by atoms with Gasteiger partial charge in [0.05, 0.1) is 51.8 Å². The van der Waals surface area contributed by atoms with Crippen LogP contribution in [0.5, 0.6) is 0 Å². The van der Waals surface area contributed by atoms with E-state index in [1.165, 1.54) is 12.4 Å². The number of aromatic nitrogens is 7. The van der Waals surface area contributed by atoms with E-state index in [2.05, 4.69) is 47.2 Å². The number of rotatable bonds is 8. The lowest BCUT2D eigenvalue weighted by Gasteiger charge is -2.40. The van der Waals surface area contributed by atoms with Gasteiger partial charge in [-0.2, -0.15) is 14.3 Å². The van der Waals surface area contributed by atoms with Crippen molar-refractivity contribution < 1.29 is 13.5 Å². The van der Waals surface area contributed by atoms with Crippen molar-refractivity contribution in [2.24, 2.45) is 7.05 Å². The van der Waals surface area contributed by atoms with E-state index in [4.69, 9.17) is 0 Å². The third kappa shape index (κ3) is 6.53. The van der Waals surface area contributed by atoms with Crippen molar-refractivity contribution >= 4 is 27.3 Å². The Morgan fingerprint density at radius 1 is 1.07 bits per heavy atom. The Morgan fingerprint density at radius 2 is 1.86 bits per heavy atom. The van der Waals surface area contributed by atoms with Gasteiger partial charge in [-0.15, -0.1) is 0 Å². The van der Waals surface area contributed by atoms with Gasteiger partial charge in [0.25, 0.3) is 10.0 Å². The van der Waals surface area contributed by atoms with Gasteiger partial charge in [0, 0.05) is 51.3 Å². The minimum absolute atomic E-state index is 0.345. The Kier molecular flexibility index (Phi) is 7.63. The van der Waals surface area contributed by atoms with Crippen LogP contribution in [0, 0.1) is 11.8 Å². The number of aliphatic hydroxyl groups is 1. The van der Waals surface area contributed by atoms with E-state index in [-0.39, 0.29) is 5.25 Å². The molecule has 5 heterocycles. The van der Waals surface area contributed by atoms with E-state index in [0.29, 0.717) is 68.3 Å². The molecular formula is C29H34N10O3S. The van der Waals surface area contributed by atoms with Gasteiger partial charge in [0.1, 0.15) is 11.6 Å². The monoisotopic (exact) mass is 602 g/mol. The second kappa shape index (κ2) is 11.4. The summed E-state index contributed by atoms with van der Waals surface area (Å²) in [6.07, 6.45) is 12.4. The number of anilines is 3. The van der Waals surface area contributed by atoms with E-state index < -0.39 is 15.6 Å². The first-order valence-electron chi connectivity index (χ1n) is 14.1. The summed E-state index contributed by atoms with van der Waals surface area (Å²) in [5.74, 6) is 7.83. The van der Waals surface area contributed by atoms with Crippen LogP contribution in [0.3, 0.4) is 0 Å². The summed E-state index contributed by atoms with van der Waals surface area (Å²) in [4.78, 5) is 17.8. The van der Waals surface area contributed by atoms with Crippen molar-refractivity contribution in [3.63, 3.8) is 0 Å². The van der Waals surface area contributed by atoms with Crippen LogP contribution in [0.1, 0.15) is 36.8 Å². The molecule has 4 aromatic rings. The van der Waals surface area contributed by atoms with Gasteiger partial charge >= 0.3 is 0 Å². The molecule has 0 bridgehead atoms. The molecule has 1 saturated heterocycles. The van der Waals surface area contributed by atoms with Crippen LogP contribution in [0.2, 0.25) is 0 Å². The molecule has 14 heteroatoms. The maximum absolute atomic E-state index is 12.6. The van der Waals surface area contributed by atoms with Crippen molar-refractivity contribution in [3.05, 3.63) is 60.4 Å². The molecule has 2 N–H and O–H groups in total. The Bertz CT molecular complexity index is 1790. The highest BCUT2D eigenvalue weighted by molar-refractivity contribution is 7.90. The third-order valence-corrected chi connectivity index (χ3v) is 9.55. The van der Waals surface area contributed by atoms with Crippen molar-refractivity contribution in [1.29, 1.82) is 0 Å². The predicted octanol–water partition coefficient (Wildman–Crippen LogP) is 1.85. The normalized spacial score (nSPS) is 16.6. The maximum atomic E-state index is 12.6. The fourth-order valence-corrected chi connectivity index (χ4v) is 6.66. The van der Waals surface area contributed by atoms with E-state index >= 15 is 0 Å². The van der Waals surface area contributed by atoms with Gasteiger partial charge in [0.2, 0.25) is 0 Å². The molecule has 6 rings (SSSR count). The molecule has 4 aromatic heterocycles. The average molecular weight is 603 g/mol. The Labute approximate surface area is 250 Å². The van der Waals surface area contributed by atoms with E-state index in [1.54, 1.807) is 29.3 Å². The van der Waals surface area contributed by atoms with Crippen LogP contribution in [0.15, 0.2) is 49.3 Å². The van der Waals surface area contributed by atoms with Crippen LogP contribution in [0.25, 0.3) is 11.4 Å². The van der Waals surface area contributed by atoms with Crippen molar-refractivity contribution in [3.8, 4) is 23.2 Å². The molecule has 224 valence electrons. The van der Waals surface area contributed by atoms with E-state index in [9.17, 15) is 13.5 Å². The van der Waals surface area contributed by atoms with E-state index in [0.717, 1.165) is 20.9 Å². The van der Waals surface area contributed by atoms with Crippen LogP contribution < -0.4 is 10.2 Å². The molecule has 0 aromatic carbocycles. The number of hydrogen-bond donors (Lipinski definition) is 2. The quantitative estimate of drug-likeness (QED) is 0.285. The highest BCUT2D eigenvalue weighted by atomic mass is 32.2. The third-order valence-electron chi connectivity index (χ3n) is 7.51. The summed E-state index contributed by atoms with van der Waals surface area (Å²) in [7, 11) is 2.31. The summed E-state index contributed by atoms with van der Waals surface area (Å²) in [6.45, 7) is 1.95. The molecular weight excluding hydrogens is 568 g/mol. The first-order valence-corrected chi connectivity index (χ1v) is 15.6. The summed E-state index contributed by atoms with van der Waals surface area (Å²) in [5, 5.41) is 22.2. The Hall–Kier alpha value is -4.32. The smallest absolute Gasteiger partial charge is 0.256 e.